The summed E-state index contributed by atoms with van der Waals surface area (Å²) in [5.41, 5.74) is 0. The Hall–Kier alpha value is -0.150. The highest BCUT2D eigenvalue weighted by Gasteiger charge is 2.17. The summed E-state index contributed by atoms with van der Waals surface area (Å²) in [6, 6.07) is 3.44. The third-order valence-corrected chi connectivity index (χ3v) is 5.68. The van der Waals surface area contributed by atoms with Crippen LogP contribution in [0.15, 0.2) is 27.6 Å². The van der Waals surface area contributed by atoms with E-state index in [1.807, 2.05) is 0 Å². The van der Waals surface area contributed by atoms with E-state index in [0.29, 0.717) is 18.7 Å². The normalized spacial score (nSPS) is 11.7. The molecule has 1 aromatic rings. The third kappa shape index (κ3) is 5.78. The van der Waals surface area contributed by atoms with Crippen LogP contribution in [0, 0.1) is 5.82 Å². The van der Waals surface area contributed by atoms with Crippen LogP contribution in [0.3, 0.4) is 0 Å². The number of nitrogens with one attached hydrogen (secondary N) is 1. The second kappa shape index (κ2) is 8.21. The largest absolute Gasteiger partial charge is 0.396 e. The maximum absolute atomic E-state index is 12.9. The van der Waals surface area contributed by atoms with Gasteiger partial charge >= 0.3 is 0 Å². The number of thioether (sulfide) groups is 1. The van der Waals surface area contributed by atoms with E-state index in [9.17, 15) is 12.8 Å². The molecule has 0 bridgehead atoms. The average molecular weight is 372 g/mol. The number of rotatable bonds is 8. The van der Waals surface area contributed by atoms with Crippen molar-refractivity contribution in [1.82, 2.24) is 4.72 Å². The number of benzene rings is 1. The van der Waals surface area contributed by atoms with E-state index in [2.05, 4.69) is 20.7 Å². The highest BCUT2D eigenvalue weighted by atomic mass is 79.9. The second-order valence-corrected chi connectivity index (χ2v) is 7.48. The van der Waals surface area contributed by atoms with Crippen molar-refractivity contribution >= 4 is 37.7 Å². The number of halogens is 2. The molecule has 0 spiro atoms. The van der Waals surface area contributed by atoms with E-state index in [-0.39, 0.29) is 16.0 Å². The molecule has 0 heterocycles. The van der Waals surface area contributed by atoms with E-state index in [1.165, 1.54) is 6.07 Å². The second-order valence-electron chi connectivity index (χ2n) is 3.66. The van der Waals surface area contributed by atoms with Gasteiger partial charge in [0.1, 0.15) is 5.82 Å². The molecular weight excluding hydrogens is 357 g/mol. The molecule has 19 heavy (non-hydrogen) atoms. The lowest BCUT2D eigenvalue weighted by molar-refractivity contribution is 0.296. The summed E-state index contributed by atoms with van der Waals surface area (Å²) in [4.78, 5) is 0.0225. The Labute approximate surface area is 125 Å². The number of aliphatic hydroxyl groups excluding tert-OH is 1. The lowest BCUT2D eigenvalue weighted by atomic mass is 10.3. The summed E-state index contributed by atoms with van der Waals surface area (Å²) in [7, 11) is -3.63. The molecule has 108 valence electrons. The first-order valence-electron chi connectivity index (χ1n) is 5.60. The molecule has 0 aliphatic carbocycles. The fourth-order valence-corrected chi connectivity index (χ4v) is 4.28. The molecule has 0 aliphatic rings. The van der Waals surface area contributed by atoms with Gasteiger partial charge in [0.05, 0.1) is 4.90 Å². The number of sulfonamides is 1. The molecule has 4 nitrogen and oxygen atoms in total. The summed E-state index contributed by atoms with van der Waals surface area (Å²) < 4.78 is 39.4. The van der Waals surface area contributed by atoms with E-state index in [1.54, 1.807) is 11.8 Å². The number of hydrogen-bond acceptors (Lipinski definition) is 4. The van der Waals surface area contributed by atoms with Gasteiger partial charge in [-0.05, 0) is 46.3 Å². The Morgan fingerprint density at radius 3 is 2.74 bits per heavy atom. The van der Waals surface area contributed by atoms with Crippen LogP contribution in [-0.4, -0.2) is 38.2 Å². The predicted molar refractivity (Wildman–Crippen MR) is 78.3 cm³/mol. The van der Waals surface area contributed by atoms with Gasteiger partial charge in [0.25, 0.3) is 0 Å². The standard InChI is InChI=1S/C11H15BrFNO3S2/c12-10-8-9(13)2-3-11(10)19(16,17)14-4-7-18-6-1-5-15/h2-3,8,14-15H,1,4-7H2. The van der Waals surface area contributed by atoms with Crippen LogP contribution in [-0.2, 0) is 10.0 Å². The zero-order valence-electron chi connectivity index (χ0n) is 10.1. The maximum atomic E-state index is 12.9. The first-order chi connectivity index (χ1) is 8.97. The summed E-state index contributed by atoms with van der Waals surface area (Å²) in [5, 5.41) is 8.59. The van der Waals surface area contributed by atoms with Crippen LogP contribution in [0.4, 0.5) is 4.39 Å². The van der Waals surface area contributed by atoms with Gasteiger partial charge in [0.2, 0.25) is 10.0 Å². The van der Waals surface area contributed by atoms with Gasteiger partial charge < -0.3 is 5.11 Å². The van der Waals surface area contributed by atoms with E-state index < -0.39 is 15.8 Å². The van der Waals surface area contributed by atoms with Crippen LogP contribution < -0.4 is 4.72 Å². The zero-order chi connectivity index (χ0) is 14.3. The van der Waals surface area contributed by atoms with Gasteiger partial charge in [0.15, 0.2) is 0 Å². The molecule has 1 rings (SSSR count). The number of hydrogen-bond donors (Lipinski definition) is 2. The van der Waals surface area contributed by atoms with E-state index >= 15 is 0 Å². The van der Waals surface area contributed by atoms with Gasteiger partial charge in [-0.2, -0.15) is 11.8 Å². The predicted octanol–water partition coefficient (Wildman–Crippen LogP) is 1.98. The molecular formula is C11H15BrFNO3S2. The average Bonchev–Trinajstić information content (AvgIpc) is 2.33. The Kier molecular flexibility index (Phi) is 7.30. The Balaban J connectivity index is 2.52. The van der Waals surface area contributed by atoms with Crippen LogP contribution in [0.5, 0.6) is 0 Å². The molecule has 0 radical (unpaired) electrons. The Bertz CT molecular complexity index is 511. The molecule has 0 amide bonds. The van der Waals surface area contributed by atoms with Crippen molar-refractivity contribution in [2.24, 2.45) is 0 Å². The molecule has 0 saturated carbocycles. The molecule has 0 fully saturated rings. The minimum atomic E-state index is -3.63. The van der Waals surface area contributed by atoms with Crippen molar-refractivity contribution in [3.63, 3.8) is 0 Å². The van der Waals surface area contributed by atoms with Gasteiger partial charge in [-0.3, -0.25) is 0 Å². The highest BCUT2D eigenvalue weighted by Crippen LogP contribution is 2.22. The Morgan fingerprint density at radius 2 is 2.11 bits per heavy atom. The zero-order valence-corrected chi connectivity index (χ0v) is 13.3. The minimum absolute atomic E-state index is 0.0225. The summed E-state index contributed by atoms with van der Waals surface area (Å²) in [6.07, 6.45) is 0.695. The van der Waals surface area contributed by atoms with Crippen molar-refractivity contribution in [1.29, 1.82) is 0 Å². The van der Waals surface area contributed by atoms with Gasteiger partial charge in [-0.1, -0.05) is 0 Å². The van der Waals surface area contributed by atoms with Crippen LogP contribution >= 0.6 is 27.7 Å². The molecule has 0 unspecified atom stereocenters. The smallest absolute Gasteiger partial charge is 0.241 e. The third-order valence-electron chi connectivity index (χ3n) is 2.17. The number of aliphatic hydroxyl groups is 1. The van der Waals surface area contributed by atoms with Gasteiger partial charge in [0, 0.05) is 23.4 Å². The van der Waals surface area contributed by atoms with Gasteiger partial charge in [-0.15, -0.1) is 0 Å². The Morgan fingerprint density at radius 1 is 1.37 bits per heavy atom. The summed E-state index contributed by atoms with van der Waals surface area (Å²) >= 11 is 4.60. The molecule has 1 aromatic carbocycles. The molecule has 0 saturated heterocycles. The lowest BCUT2D eigenvalue weighted by Crippen LogP contribution is -2.26. The molecule has 2 N–H and O–H groups in total. The molecule has 8 heteroatoms. The summed E-state index contributed by atoms with van der Waals surface area (Å²) in [5.74, 6) is 0.918. The van der Waals surface area contributed by atoms with Gasteiger partial charge in [-0.25, -0.2) is 17.5 Å². The van der Waals surface area contributed by atoms with Crippen LogP contribution in [0.1, 0.15) is 6.42 Å². The monoisotopic (exact) mass is 371 g/mol. The topological polar surface area (TPSA) is 66.4 Å². The summed E-state index contributed by atoms with van der Waals surface area (Å²) in [6.45, 7) is 0.434. The first-order valence-corrected chi connectivity index (χ1v) is 9.04. The fourth-order valence-electron chi connectivity index (χ4n) is 1.29. The lowest BCUT2D eigenvalue weighted by Gasteiger charge is -2.08. The minimum Gasteiger partial charge on any atom is -0.396 e. The SMILES string of the molecule is O=S(=O)(NCCSCCCO)c1ccc(F)cc1Br. The fraction of sp³-hybridized carbons (Fsp3) is 0.455. The molecule has 0 aliphatic heterocycles. The molecule has 0 atom stereocenters. The van der Waals surface area contributed by atoms with E-state index in [4.69, 9.17) is 5.11 Å². The van der Waals surface area contributed by atoms with Crippen LogP contribution in [0.25, 0.3) is 0 Å². The van der Waals surface area contributed by atoms with Crippen molar-refractivity contribution in [2.75, 3.05) is 24.7 Å². The molecule has 0 aromatic heterocycles. The first kappa shape index (κ1) is 16.9. The quantitative estimate of drug-likeness (QED) is 0.685. The van der Waals surface area contributed by atoms with Crippen LogP contribution in [0.2, 0.25) is 0 Å². The van der Waals surface area contributed by atoms with Crippen molar-refractivity contribution in [2.45, 2.75) is 11.3 Å². The van der Waals surface area contributed by atoms with E-state index in [0.717, 1.165) is 17.9 Å². The van der Waals surface area contributed by atoms with Crippen molar-refractivity contribution < 1.29 is 17.9 Å². The highest BCUT2D eigenvalue weighted by molar-refractivity contribution is 9.10. The van der Waals surface area contributed by atoms with Crippen molar-refractivity contribution in [3.8, 4) is 0 Å². The maximum Gasteiger partial charge on any atom is 0.241 e. The van der Waals surface area contributed by atoms with Crippen molar-refractivity contribution in [3.05, 3.63) is 28.5 Å².